The Morgan fingerprint density at radius 2 is 1.95 bits per heavy atom. The minimum Gasteiger partial charge on any atom is -0.444 e. The summed E-state index contributed by atoms with van der Waals surface area (Å²) in [7, 11) is 0. The number of amides is 1. The maximum absolute atomic E-state index is 11.7. The molecule has 4 nitrogen and oxygen atoms in total. The SMILES string of the molecule is CC(C)(C)OC(=O)NC(CC=O)CC1CCCCC1. The predicted octanol–water partition coefficient (Wildman–Crippen LogP) is 3.44. The summed E-state index contributed by atoms with van der Waals surface area (Å²) in [4.78, 5) is 22.5. The molecule has 4 heteroatoms. The Bertz CT molecular complexity index is 290. The Morgan fingerprint density at radius 1 is 1.32 bits per heavy atom. The molecule has 0 spiro atoms. The molecule has 19 heavy (non-hydrogen) atoms. The summed E-state index contributed by atoms with van der Waals surface area (Å²) in [5.74, 6) is 0.633. The summed E-state index contributed by atoms with van der Waals surface area (Å²) in [6.45, 7) is 5.51. The molecule has 1 aliphatic carbocycles. The van der Waals surface area contributed by atoms with Crippen LogP contribution in [-0.4, -0.2) is 24.0 Å². The van der Waals surface area contributed by atoms with Crippen LogP contribution in [0.2, 0.25) is 0 Å². The van der Waals surface area contributed by atoms with Crippen molar-refractivity contribution in [1.82, 2.24) is 5.32 Å². The zero-order valence-electron chi connectivity index (χ0n) is 12.4. The van der Waals surface area contributed by atoms with Crippen LogP contribution in [0.4, 0.5) is 4.79 Å². The third-order valence-corrected chi connectivity index (χ3v) is 3.44. The molecule has 1 N–H and O–H groups in total. The van der Waals surface area contributed by atoms with Crippen molar-refractivity contribution in [2.45, 2.75) is 77.4 Å². The van der Waals surface area contributed by atoms with Crippen molar-refractivity contribution >= 4 is 12.4 Å². The molecule has 1 aliphatic rings. The van der Waals surface area contributed by atoms with E-state index in [-0.39, 0.29) is 6.04 Å². The molecule has 1 atom stereocenters. The van der Waals surface area contributed by atoms with E-state index < -0.39 is 11.7 Å². The third-order valence-electron chi connectivity index (χ3n) is 3.44. The fraction of sp³-hybridized carbons (Fsp3) is 0.867. The molecule has 1 saturated carbocycles. The van der Waals surface area contributed by atoms with E-state index in [2.05, 4.69) is 5.32 Å². The van der Waals surface area contributed by atoms with E-state index in [1.807, 2.05) is 20.8 Å². The summed E-state index contributed by atoms with van der Waals surface area (Å²) >= 11 is 0. The van der Waals surface area contributed by atoms with Crippen molar-refractivity contribution in [2.75, 3.05) is 0 Å². The number of hydrogen-bond donors (Lipinski definition) is 1. The quantitative estimate of drug-likeness (QED) is 0.778. The van der Waals surface area contributed by atoms with Crippen LogP contribution in [0, 0.1) is 5.92 Å². The van der Waals surface area contributed by atoms with E-state index in [4.69, 9.17) is 4.74 Å². The van der Waals surface area contributed by atoms with Crippen LogP contribution in [0.5, 0.6) is 0 Å². The summed E-state index contributed by atoms with van der Waals surface area (Å²) in [6.07, 6.45) is 7.99. The first-order chi connectivity index (χ1) is 8.90. The molecule has 1 rings (SSSR count). The van der Waals surface area contributed by atoms with Crippen LogP contribution in [0.25, 0.3) is 0 Å². The first-order valence-corrected chi connectivity index (χ1v) is 7.34. The Kier molecular flexibility index (Phi) is 6.32. The van der Waals surface area contributed by atoms with E-state index in [9.17, 15) is 9.59 Å². The minimum atomic E-state index is -0.499. The molecule has 0 aromatic rings. The van der Waals surface area contributed by atoms with Gasteiger partial charge in [-0.15, -0.1) is 0 Å². The molecular weight excluding hydrogens is 242 g/mol. The largest absolute Gasteiger partial charge is 0.444 e. The molecule has 0 aromatic heterocycles. The lowest BCUT2D eigenvalue weighted by molar-refractivity contribution is -0.108. The predicted molar refractivity (Wildman–Crippen MR) is 75.0 cm³/mol. The maximum atomic E-state index is 11.7. The van der Waals surface area contributed by atoms with Crippen LogP contribution in [-0.2, 0) is 9.53 Å². The van der Waals surface area contributed by atoms with Crippen LogP contribution in [0.15, 0.2) is 0 Å². The topological polar surface area (TPSA) is 55.4 Å². The van der Waals surface area contributed by atoms with E-state index in [1.54, 1.807) is 0 Å². The number of alkyl carbamates (subject to hydrolysis) is 1. The van der Waals surface area contributed by atoms with Crippen LogP contribution in [0.3, 0.4) is 0 Å². The van der Waals surface area contributed by atoms with Crippen LogP contribution in [0.1, 0.15) is 65.7 Å². The van der Waals surface area contributed by atoms with Gasteiger partial charge in [0.2, 0.25) is 0 Å². The standard InChI is InChI=1S/C15H27NO3/c1-15(2,3)19-14(18)16-13(9-10-17)11-12-7-5-4-6-8-12/h10,12-13H,4-9,11H2,1-3H3,(H,16,18). The van der Waals surface area contributed by atoms with Gasteiger partial charge >= 0.3 is 6.09 Å². The average Bonchev–Trinajstić information content (AvgIpc) is 2.27. The third kappa shape index (κ3) is 7.19. The molecule has 1 fully saturated rings. The van der Waals surface area contributed by atoms with E-state index in [0.717, 1.165) is 12.7 Å². The van der Waals surface area contributed by atoms with Gasteiger partial charge in [0, 0.05) is 12.5 Å². The number of carbonyl (C=O) groups excluding carboxylic acids is 2. The summed E-state index contributed by atoms with van der Waals surface area (Å²) in [5.41, 5.74) is -0.499. The van der Waals surface area contributed by atoms with Crippen molar-refractivity contribution < 1.29 is 14.3 Å². The van der Waals surface area contributed by atoms with Crippen molar-refractivity contribution in [2.24, 2.45) is 5.92 Å². The Morgan fingerprint density at radius 3 is 2.47 bits per heavy atom. The highest BCUT2D eigenvalue weighted by Crippen LogP contribution is 2.27. The monoisotopic (exact) mass is 269 g/mol. The highest BCUT2D eigenvalue weighted by atomic mass is 16.6. The molecule has 0 radical (unpaired) electrons. The van der Waals surface area contributed by atoms with E-state index >= 15 is 0 Å². The van der Waals surface area contributed by atoms with Gasteiger partial charge < -0.3 is 14.8 Å². The second-order valence-corrected chi connectivity index (χ2v) is 6.49. The molecule has 110 valence electrons. The van der Waals surface area contributed by atoms with Crippen molar-refractivity contribution in [1.29, 1.82) is 0 Å². The molecular formula is C15H27NO3. The summed E-state index contributed by atoms with van der Waals surface area (Å²) in [6, 6.07) is -0.0875. The van der Waals surface area contributed by atoms with Crippen molar-refractivity contribution in [3.8, 4) is 0 Å². The number of nitrogens with one attached hydrogen (secondary N) is 1. The minimum absolute atomic E-state index is 0.0875. The highest BCUT2D eigenvalue weighted by Gasteiger charge is 2.22. The first-order valence-electron chi connectivity index (χ1n) is 7.34. The highest BCUT2D eigenvalue weighted by molar-refractivity contribution is 5.68. The fourth-order valence-corrected chi connectivity index (χ4v) is 2.63. The molecule has 0 heterocycles. The molecule has 0 aliphatic heterocycles. The number of rotatable bonds is 5. The smallest absolute Gasteiger partial charge is 0.407 e. The zero-order valence-corrected chi connectivity index (χ0v) is 12.4. The normalized spacial score (nSPS) is 18.7. The van der Waals surface area contributed by atoms with Gasteiger partial charge in [0.05, 0.1) is 0 Å². The van der Waals surface area contributed by atoms with E-state index in [0.29, 0.717) is 12.3 Å². The van der Waals surface area contributed by atoms with Gasteiger partial charge in [-0.1, -0.05) is 32.1 Å². The van der Waals surface area contributed by atoms with Gasteiger partial charge in [-0.2, -0.15) is 0 Å². The molecule has 0 saturated heterocycles. The Hall–Kier alpha value is -1.06. The van der Waals surface area contributed by atoms with Gasteiger partial charge in [-0.3, -0.25) is 0 Å². The lowest BCUT2D eigenvalue weighted by Gasteiger charge is -2.27. The number of carbonyl (C=O) groups is 2. The van der Waals surface area contributed by atoms with Crippen LogP contribution < -0.4 is 5.32 Å². The molecule has 1 amide bonds. The van der Waals surface area contributed by atoms with Crippen molar-refractivity contribution in [3.05, 3.63) is 0 Å². The lowest BCUT2D eigenvalue weighted by atomic mass is 9.84. The first kappa shape index (κ1) is 16.0. The second-order valence-electron chi connectivity index (χ2n) is 6.49. The van der Waals surface area contributed by atoms with Gasteiger partial charge in [0.1, 0.15) is 11.9 Å². The summed E-state index contributed by atoms with van der Waals surface area (Å²) in [5, 5.41) is 2.83. The summed E-state index contributed by atoms with van der Waals surface area (Å²) < 4.78 is 5.24. The maximum Gasteiger partial charge on any atom is 0.407 e. The van der Waals surface area contributed by atoms with Crippen LogP contribution >= 0.6 is 0 Å². The number of aldehydes is 1. The van der Waals surface area contributed by atoms with Gasteiger partial charge in [-0.25, -0.2) is 4.79 Å². The van der Waals surface area contributed by atoms with Gasteiger partial charge in [-0.05, 0) is 33.1 Å². The number of hydrogen-bond acceptors (Lipinski definition) is 3. The zero-order chi connectivity index (χ0) is 14.3. The van der Waals surface area contributed by atoms with Gasteiger partial charge in [0.15, 0.2) is 0 Å². The number of ether oxygens (including phenoxy) is 1. The molecule has 1 unspecified atom stereocenters. The van der Waals surface area contributed by atoms with E-state index in [1.165, 1.54) is 32.1 Å². The van der Waals surface area contributed by atoms with Gasteiger partial charge in [0.25, 0.3) is 0 Å². The Balaban J connectivity index is 2.42. The molecule has 0 aromatic carbocycles. The molecule has 0 bridgehead atoms. The fourth-order valence-electron chi connectivity index (χ4n) is 2.63. The Labute approximate surface area is 116 Å². The second kappa shape index (κ2) is 7.51. The van der Waals surface area contributed by atoms with Crippen molar-refractivity contribution in [3.63, 3.8) is 0 Å². The lowest BCUT2D eigenvalue weighted by Crippen LogP contribution is -2.40. The average molecular weight is 269 g/mol.